The van der Waals surface area contributed by atoms with E-state index in [2.05, 4.69) is 11.8 Å². The van der Waals surface area contributed by atoms with Gasteiger partial charge >= 0.3 is 5.97 Å². The first kappa shape index (κ1) is 30.5. The second-order valence-corrected chi connectivity index (χ2v) is 11.3. The number of hydrogen-bond donors (Lipinski definition) is 3. The summed E-state index contributed by atoms with van der Waals surface area (Å²) in [5.41, 5.74) is 0.819. The van der Waals surface area contributed by atoms with Crippen molar-refractivity contribution in [1.82, 2.24) is 19.3 Å². The third kappa shape index (κ3) is 7.45. The number of carboxylic acids is 1. The smallest absolute Gasteiger partial charge is 0.308 e. The first-order valence-corrected chi connectivity index (χ1v) is 14.6. The minimum absolute atomic E-state index is 0.00422. The summed E-state index contributed by atoms with van der Waals surface area (Å²) in [7, 11) is 4.08. The van der Waals surface area contributed by atoms with E-state index in [0.29, 0.717) is 37.6 Å². The molecule has 0 saturated carbocycles. The fourth-order valence-electron chi connectivity index (χ4n) is 5.99. The summed E-state index contributed by atoms with van der Waals surface area (Å²) in [6, 6.07) is 7.82. The Morgan fingerprint density at radius 1 is 0.976 bits per heavy atom. The average Bonchev–Trinajstić information content (AvgIpc) is 3.63. The maximum absolute atomic E-state index is 13.7. The molecule has 2 aromatic rings. The molecule has 2 aliphatic heterocycles. The summed E-state index contributed by atoms with van der Waals surface area (Å²) in [6.07, 6.45) is 4.11. The van der Waals surface area contributed by atoms with Crippen LogP contribution in [-0.4, -0.2) is 106 Å². The van der Waals surface area contributed by atoms with Crippen LogP contribution in [0.3, 0.4) is 0 Å². The standard InChI is InChI=1S/C30H44N4O7/c1-4-5-14-32(15-7-6-13-31(2)3)28(37)19-33-18-22(21-8-9-24-25(17-21)41-20-40-24)29(30(38)39)23(33)12-16-34-26(35)10-11-27(34)36/h8-11,17,22-23,29,35-36H,4-7,12-16,18-20H2,1-3H3,(H,38,39)/t22-,23+,29-/m1/s1. The number of carbonyl (C=O) groups is 2. The van der Waals surface area contributed by atoms with Gasteiger partial charge in [-0.05, 0) is 64.0 Å². The first-order valence-electron chi connectivity index (χ1n) is 14.6. The molecule has 1 aromatic carbocycles. The molecule has 1 amide bonds. The van der Waals surface area contributed by atoms with Crippen LogP contribution in [0.4, 0.5) is 0 Å². The van der Waals surface area contributed by atoms with Gasteiger partial charge in [0, 0.05) is 50.3 Å². The first-order chi connectivity index (χ1) is 19.7. The molecule has 3 atom stereocenters. The van der Waals surface area contributed by atoms with E-state index in [0.717, 1.165) is 37.8 Å². The van der Waals surface area contributed by atoms with Crippen LogP contribution in [-0.2, 0) is 16.1 Å². The van der Waals surface area contributed by atoms with Crippen molar-refractivity contribution in [1.29, 1.82) is 0 Å². The van der Waals surface area contributed by atoms with Crippen LogP contribution in [0, 0.1) is 5.92 Å². The highest BCUT2D eigenvalue weighted by molar-refractivity contribution is 5.79. The molecular weight excluding hydrogens is 528 g/mol. The topological polar surface area (TPSA) is 128 Å². The van der Waals surface area contributed by atoms with Crippen LogP contribution < -0.4 is 9.47 Å². The molecule has 2 aliphatic rings. The van der Waals surface area contributed by atoms with Crippen molar-refractivity contribution < 1.29 is 34.4 Å². The van der Waals surface area contributed by atoms with Gasteiger partial charge in [-0.2, -0.15) is 0 Å². The largest absolute Gasteiger partial charge is 0.494 e. The van der Waals surface area contributed by atoms with Crippen molar-refractivity contribution in [2.24, 2.45) is 5.92 Å². The predicted molar refractivity (Wildman–Crippen MR) is 153 cm³/mol. The Kier molecular flexibility index (Phi) is 10.4. The number of ether oxygens (including phenoxy) is 2. The molecule has 3 heterocycles. The van der Waals surface area contributed by atoms with Gasteiger partial charge in [-0.15, -0.1) is 0 Å². The fraction of sp³-hybridized carbons (Fsp3) is 0.600. The number of nitrogens with zero attached hydrogens (tertiary/aromatic N) is 4. The lowest BCUT2D eigenvalue weighted by Gasteiger charge is -2.30. The number of rotatable bonds is 15. The zero-order chi connectivity index (χ0) is 29.5. The summed E-state index contributed by atoms with van der Waals surface area (Å²) >= 11 is 0. The monoisotopic (exact) mass is 572 g/mol. The van der Waals surface area contributed by atoms with Crippen LogP contribution >= 0.6 is 0 Å². The highest BCUT2D eigenvalue weighted by atomic mass is 16.7. The summed E-state index contributed by atoms with van der Waals surface area (Å²) in [5.74, 6) is -1.10. The van der Waals surface area contributed by atoms with E-state index in [-0.39, 0.29) is 43.5 Å². The zero-order valence-corrected chi connectivity index (χ0v) is 24.4. The Morgan fingerprint density at radius 2 is 1.66 bits per heavy atom. The van der Waals surface area contributed by atoms with E-state index in [1.807, 2.05) is 36.0 Å². The van der Waals surface area contributed by atoms with Crippen LogP contribution in [0.5, 0.6) is 23.3 Å². The number of likely N-dealkylation sites (tertiary alicyclic amines) is 1. The van der Waals surface area contributed by atoms with Gasteiger partial charge in [0.05, 0.1) is 12.5 Å². The molecule has 0 bridgehead atoms. The van der Waals surface area contributed by atoms with Crippen molar-refractivity contribution in [3.8, 4) is 23.3 Å². The molecule has 0 unspecified atom stereocenters. The second-order valence-electron chi connectivity index (χ2n) is 11.3. The molecule has 11 nitrogen and oxygen atoms in total. The van der Waals surface area contributed by atoms with E-state index in [4.69, 9.17) is 9.47 Å². The Labute approximate surface area is 241 Å². The van der Waals surface area contributed by atoms with Crippen LogP contribution in [0.2, 0.25) is 0 Å². The quantitative estimate of drug-likeness (QED) is 0.276. The zero-order valence-electron chi connectivity index (χ0n) is 24.4. The lowest BCUT2D eigenvalue weighted by molar-refractivity contribution is -0.144. The van der Waals surface area contributed by atoms with Crippen molar-refractivity contribution in [2.45, 2.75) is 57.5 Å². The summed E-state index contributed by atoms with van der Waals surface area (Å²) in [6.45, 7) is 5.24. The molecule has 3 N–H and O–H groups in total. The normalized spacial score (nSPS) is 20.1. The van der Waals surface area contributed by atoms with Gasteiger partial charge in [0.25, 0.3) is 0 Å². The van der Waals surface area contributed by atoms with Gasteiger partial charge < -0.3 is 34.6 Å². The van der Waals surface area contributed by atoms with Crippen LogP contribution in [0.15, 0.2) is 30.3 Å². The Hall–Kier alpha value is -3.44. The number of aromatic hydroxyl groups is 2. The number of fused-ring (bicyclic) bond motifs is 1. The average molecular weight is 573 g/mol. The molecule has 0 radical (unpaired) electrons. The highest BCUT2D eigenvalue weighted by Gasteiger charge is 2.47. The molecule has 226 valence electrons. The van der Waals surface area contributed by atoms with E-state index < -0.39 is 17.9 Å². The van der Waals surface area contributed by atoms with Crippen LogP contribution in [0.1, 0.15) is 50.5 Å². The van der Waals surface area contributed by atoms with E-state index in [1.165, 1.54) is 16.7 Å². The summed E-state index contributed by atoms with van der Waals surface area (Å²) in [5, 5.41) is 30.8. The lowest BCUT2D eigenvalue weighted by Crippen LogP contribution is -2.45. The summed E-state index contributed by atoms with van der Waals surface area (Å²) in [4.78, 5) is 32.5. The van der Waals surface area contributed by atoms with Crippen molar-refractivity contribution >= 4 is 11.9 Å². The Morgan fingerprint density at radius 3 is 2.34 bits per heavy atom. The minimum atomic E-state index is -0.944. The predicted octanol–water partition coefficient (Wildman–Crippen LogP) is 3.16. The number of carboxylic acid groups (broad SMARTS) is 1. The van der Waals surface area contributed by atoms with Gasteiger partial charge in [-0.1, -0.05) is 19.4 Å². The number of benzene rings is 1. The molecular formula is C30H44N4O7. The third-order valence-electron chi connectivity index (χ3n) is 8.20. The molecule has 4 rings (SSSR count). The molecule has 41 heavy (non-hydrogen) atoms. The van der Waals surface area contributed by atoms with Crippen molar-refractivity contribution in [3.05, 3.63) is 35.9 Å². The molecule has 1 saturated heterocycles. The Balaban J connectivity index is 1.57. The van der Waals surface area contributed by atoms with E-state index in [1.54, 1.807) is 6.07 Å². The fourth-order valence-corrected chi connectivity index (χ4v) is 5.99. The molecule has 0 spiro atoms. The number of aromatic nitrogens is 1. The minimum Gasteiger partial charge on any atom is -0.494 e. The lowest BCUT2D eigenvalue weighted by atomic mass is 9.84. The van der Waals surface area contributed by atoms with Crippen molar-refractivity contribution in [3.63, 3.8) is 0 Å². The highest BCUT2D eigenvalue weighted by Crippen LogP contribution is 2.43. The molecule has 0 aliphatic carbocycles. The van der Waals surface area contributed by atoms with Gasteiger partial charge in [0.2, 0.25) is 12.7 Å². The third-order valence-corrected chi connectivity index (χ3v) is 8.20. The van der Waals surface area contributed by atoms with Gasteiger partial charge in [0.15, 0.2) is 23.3 Å². The second kappa shape index (κ2) is 14.0. The number of unbranched alkanes of at least 4 members (excludes halogenated alkanes) is 2. The number of aliphatic carboxylic acids is 1. The van der Waals surface area contributed by atoms with Crippen molar-refractivity contribution in [2.75, 3.05) is 53.6 Å². The maximum Gasteiger partial charge on any atom is 0.308 e. The number of amides is 1. The molecule has 1 aromatic heterocycles. The molecule has 1 fully saturated rings. The van der Waals surface area contributed by atoms with Gasteiger partial charge in [0.1, 0.15) is 0 Å². The number of hydrogen-bond acceptors (Lipinski definition) is 8. The van der Waals surface area contributed by atoms with E-state index in [9.17, 15) is 24.9 Å². The SMILES string of the molecule is CCCCN(CCCCN(C)C)C(=O)CN1C[C@H](c2ccc3c(c2)OCO3)[C@@H](C(=O)O)[C@@H]1CCn1c(O)ccc1O. The maximum atomic E-state index is 13.7. The number of carbonyl (C=O) groups excluding carboxylic acids is 1. The van der Waals surface area contributed by atoms with E-state index >= 15 is 0 Å². The van der Waals surface area contributed by atoms with Gasteiger partial charge in [-0.25, -0.2) is 0 Å². The van der Waals surface area contributed by atoms with Crippen LogP contribution in [0.25, 0.3) is 0 Å². The van der Waals surface area contributed by atoms with Gasteiger partial charge in [-0.3, -0.25) is 19.1 Å². The molecule has 11 heteroatoms. The summed E-state index contributed by atoms with van der Waals surface area (Å²) < 4.78 is 12.4. The Bertz CT molecular complexity index is 1160.